The molecule has 1 aliphatic carbocycles. The third-order valence-corrected chi connectivity index (χ3v) is 4.49. The van der Waals surface area contributed by atoms with Crippen LogP contribution in [-0.4, -0.2) is 36.2 Å². The van der Waals surface area contributed by atoms with Crippen LogP contribution in [0.3, 0.4) is 0 Å². The first kappa shape index (κ1) is 15.6. The Hall–Kier alpha value is -2.24. The van der Waals surface area contributed by atoms with E-state index in [0.29, 0.717) is 37.5 Å². The fourth-order valence-corrected chi connectivity index (χ4v) is 3.25. The summed E-state index contributed by atoms with van der Waals surface area (Å²) in [4.78, 5) is 23.6. The quantitative estimate of drug-likeness (QED) is 0.884. The number of fused-ring (bicyclic) bond motifs is 1. The number of carboxylic acids is 1. The fraction of sp³-hybridized carbons (Fsp3) is 0.529. The van der Waals surface area contributed by atoms with Crippen molar-refractivity contribution in [3.8, 4) is 11.5 Å². The smallest absolute Gasteiger partial charge is 0.307 e. The molecule has 0 radical (unpaired) electrons. The third-order valence-electron chi connectivity index (χ3n) is 4.49. The molecule has 1 amide bonds. The average molecular weight is 319 g/mol. The predicted octanol–water partition coefficient (Wildman–Crippen LogP) is 1.83. The first-order valence-corrected chi connectivity index (χ1v) is 8.04. The molecule has 6 heteroatoms. The molecule has 0 spiro atoms. The highest BCUT2D eigenvalue weighted by Gasteiger charge is 2.36. The lowest BCUT2D eigenvalue weighted by Gasteiger charge is -2.29. The maximum Gasteiger partial charge on any atom is 0.307 e. The summed E-state index contributed by atoms with van der Waals surface area (Å²) in [6.45, 7) is 0.681. The monoisotopic (exact) mass is 319 g/mol. The lowest BCUT2D eigenvalue weighted by molar-refractivity contribution is -0.149. The number of aliphatic carboxylic acids is 1. The molecule has 1 heterocycles. The molecular weight excluding hydrogens is 298 g/mol. The Morgan fingerprint density at radius 1 is 1.13 bits per heavy atom. The molecule has 1 fully saturated rings. The molecule has 124 valence electrons. The van der Waals surface area contributed by atoms with Gasteiger partial charge in [-0.15, -0.1) is 0 Å². The van der Waals surface area contributed by atoms with Crippen molar-refractivity contribution >= 4 is 11.9 Å². The van der Waals surface area contributed by atoms with Crippen LogP contribution >= 0.6 is 0 Å². The Morgan fingerprint density at radius 3 is 2.57 bits per heavy atom. The van der Waals surface area contributed by atoms with Crippen molar-refractivity contribution < 1.29 is 24.2 Å². The number of carboxylic acid groups (broad SMARTS) is 1. The van der Waals surface area contributed by atoms with E-state index in [-0.39, 0.29) is 12.0 Å². The van der Waals surface area contributed by atoms with Gasteiger partial charge in [0.1, 0.15) is 12.7 Å². The molecular formula is C17H21NO5. The second-order valence-corrected chi connectivity index (χ2v) is 6.08. The van der Waals surface area contributed by atoms with Crippen LogP contribution in [0.15, 0.2) is 24.3 Å². The van der Waals surface area contributed by atoms with Crippen molar-refractivity contribution in [2.45, 2.75) is 31.8 Å². The first-order valence-electron chi connectivity index (χ1n) is 8.04. The maximum atomic E-state index is 12.3. The van der Waals surface area contributed by atoms with Gasteiger partial charge in [-0.3, -0.25) is 9.59 Å². The topological polar surface area (TPSA) is 84.9 Å². The van der Waals surface area contributed by atoms with Gasteiger partial charge in [-0.05, 0) is 25.0 Å². The Kier molecular flexibility index (Phi) is 4.69. The highest BCUT2D eigenvalue weighted by molar-refractivity contribution is 5.84. The summed E-state index contributed by atoms with van der Waals surface area (Å²) in [5.74, 6) is -0.728. The Morgan fingerprint density at radius 2 is 1.83 bits per heavy atom. The summed E-state index contributed by atoms with van der Waals surface area (Å²) in [5, 5.41) is 12.1. The van der Waals surface area contributed by atoms with Crippen LogP contribution in [0, 0.1) is 11.8 Å². The lowest BCUT2D eigenvalue weighted by Crippen LogP contribution is -2.45. The zero-order valence-corrected chi connectivity index (χ0v) is 12.9. The standard InChI is InChI=1S/C17H21NO5/c19-16(12-5-1-2-6-13(12)17(20)21)18-9-11-10-22-14-7-3-4-8-15(14)23-11/h3-4,7-8,11-13H,1-2,5-6,9-10H2,(H,18,19)(H,20,21)/t11-,12+,13-/m0/s1. The summed E-state index contributed by atoms with van der Waals surface area (Å²) < 4.78 is 11.4. The molecule has 3 atom stereocenters. The number of hydrogen-bond acceptors (Lipinski definition) is 4. The van der Waals surface area contributed by atoms with E-state index < -0.39 is 17.8 Å². The van der Waals surface area contributed by atoms with E-state index in [2.05, 4.69) is 5.32 Å². The van der Waals surface area contributed by atoms with Gasteiger partial charge < -0.3 is 19.9 Å². The number of amides is 1. The molecule has 23 heavy (non-hydrogen) atoms. The van der Waals surface area contributed by atoms with Crippen molar-refractivity contribution in [1.29, 1.82) is 0 Å². The normalized spacial score (nSPS) is 26.3. The van der Waals surface area contributed by atoms with E-state index in [1.807, 2.05) is 24.3 Å². The molecule has 3 rings (SSSR count). The zero-order valence-electron chi connectivity index (χ0n) is 12.9. The van der Waals surface area contributed by atoms with Crippen molar-refractivity contribution in [1.82, 2.24) is 5.32 Å². The average Bonchev–Trinajstić information content (AvgIpc) is 2.59. The van der Waals surface area contributed by atoms with Gasteiger partial charge in [0.2, 0.25) is 5.91 Å². The number of carbonyl (C=O) groups excluding carboxylic acids is 1. The molecule has 0 saturated heterocycles. The number of carbonyl (C=O) groups is 2. The fourth-order valence-electron chi connectivity index (χ4n) is 3.25. The number of ether oxygens (including phenoxy) is 2. The van der Waals surface area contributed by atoms with Crippen LogP contribution in [-0.2, 0) is 9.59 Å². The Balaban J connectivity index is 1.54. The van der Waals surface area contributed by atoms with E-state index in [0.717, 1.165) is 12.8 Å². The molecule has 1 aliphatic heterocycles. The van der Waals surface area contributed by atoms with E-state index in [9.17, 15) is 14.7 Å². The summed E-state index contributed by atoms with van der Waals surface area (Å²) in [7, 11) is 0. The number of nitrogens with one attached hydrogen (secondary N) is 1. The van der Waals surface area contributed by atoms with Gasteiger partial charge >= 0.3 is 5.97 Å². The van der Waals surface area contributed by atoms with Gasteiger partial charge in [0.15, 0.2) is 11.5 Å². The second kappa shape index (κ2) is 6.89. The molecule has 2 aliphatic rings. The second-order valence-electron chi connectivity index (χ2n) is 6.08. The Labute approximate surface area is 134 Å². The number of rotatable bonds is 4. The molecule has 0 bridgehead atoms. The highest BCUT2D eigenvalue weighted by Crippen LogP contribution is 2.32. The van der Waals surface area contributed by atoms with Crippen molar-refractivity contribution in [3.63, 3.8) is 0 Å². The zero-order chi connectivity index (χ0) is 16.2. The third kappa shape index (κ3) is 3.57. The van der Waals surface area contributed by atoms with Crippen LogP contribution < -0.4 is 14.8 Å². The van der Waals surface area contributed by atoms with Gasteiger partial charge in [0, 0.05) is 0 Å². The summed E-state index contributed by atoms with van der Waals surface area (Å²) in [6, 6.07) is 7.40. The van der Waals surface area contributed by atoms with Gasteiger partial charge in [0.05, 0.1) is 18.4 Å². The molecule has 1 aromatic carbocycles. The van der Waals surface area contributed by atoms with Gasteiger partial charge in [-0.1, -0.05) is 25.0 Å². The summed E-state index contributed by atoms with van der Waals surface area (Å²) in [6.07, 6.45) is 2.72. The number of para-hydroxylation sites is 2. The largest absolute Gasteiger partial charge is 0.486 e. The molecule has 2 N–H and O–H groups in total. The molecule has 6 nitrogen and oxygen atoms in total. The number of hydrogen-bond donors (Lipinski definition) is 2. The van der Waals surface area contributed by atoms with Crippen molar-refractivity contribution in [2.75, 3.05) is 13.2 Å². The van der Waals surface area contributed by atoms with Crippen LogP contribution in [0.2, 0.25) is 0 Å². The summed E-state index contributed by atoms with van der Waals surface area (Å²) in [5.41, 5.74) is 0. The predicted molar refractivity (Wildman–Crippen MR) is 82.4 cm³/mol. The van der Waals surface area contributed by atoms with E-state index in [4.69, 9.17) is 9.47 Å². The molecule has 0 unspecified atom stereocenters. The van der Waals surface area contributed by atoms with Crippen LogP contribution in [0.4, 0.5) is 0 Å². The van der Waals surface area contributed by atoms with E-state index >= 15 is 0 Å². The minimum absolute atomic E-state index is 0.195. The van der Waals surface area contributed by atoms with Crippen molar-refractivity contribution in [2.24, 2.45) is 11.8 Å². The number of benzene rings is 1. The van der Waals surface area contributed by atoms with Crippen LogP contribution in [0.25, 0.3) is 0 Å². The minimum atomic E-state index is -0.879. The van der Waals surface area contributed by atoms with E-state index in [1.165, 1.54) is 0 Å². The van der Waals surface area contributed by atoms with Crippen molar-refractivity contribution in [3.05, 3.63) is 24.3 Å². The van der Waals surface area contributed by atoms with Crippen LogP contribution in [0.5, 0.6) is 11.5 Å². The SMILES string of the molecule is O=C(O)[C@H]1CCCC[C@H]1C(=O)NC[C@H]1COc2ccccc2O1. The minimum Gasteiger partial charge on any atom is -0.486 e. The van der Waals surface area contributed by atoms with Gasteiger partial charge in [-0.2, -0.15) is 0 Å². The molecule has 1 aromatic rings. The van der Waals surface area contributed by atoms with Crippen LogP contribution in [0.1, 0.15) is 25.7 Å². The molecule has 1 saturated carbocycles. The lowest BCUT2D eigenvalue weighted by atomic mass is 9.78. The van der Waals surface area contributed by atoms with E-state index in [1.54, 1.807) is 0 Å². The maximum absolute atomic E-state index is 12.3. The highest BCUT2D eigenvalue weighted by atomic mass is 16.6. The first-order chi connectivity index (χ1) is 11.1. The van der Waals surface area contributed by atoms with Gasteiger partial charge in [-0.25, -0.2) is 0 Å². The molecule has 0 aromatic heterocycles. The van der Waals surface area contributed by atoms with Gasteiger partial charge in [0.25, 0.3) is 0 Å². The Bertz CT molecular complexity index is 588. The summed E-state index contributed by atoms with van der Waals surface area (Å²) >= 11 is 0.